The predicted octanol–water partition coefficient (Wildman–Crippen LogP) is 3.27. The van der Waals surface area contributed by atoms with E-state index in [-0.39, 0.29) is 13.2 Å². The Bertz CT molecular complexity index is 441. The Hall–Kier alpha value is -1.23. The zero-order valence-electron chi connectivity index (χ0n) is 11.0. The third-order valence-electron chi connectivity index (χ3n) is 2.51. The molecule has 0 aliphatic carbocycles. The van der Waals surface area contributed by atoms with Gasteiger partial charge in [0.25, 0.3) is 0 Å². The molecule has 1 aromatic rings. The number of hydrogen-bond acceptors (Lipinski definition) is 5. The molecule has 0 unspecified atom stereocenters. The Labute approximate surface area is 112 Å². The van der Waals surface area contributed by atoms with Gasteiger partial charge in [-0.1, -0.05) is 30.3 Å². The van der Waals surface area contributed by atoms with Crippen LogP contribution in [-0.4, -0.2) is 24.7 Å². The summed E-state index contributed by atoms with van der Waals surface area (Å²) in [6, 6.07) is 8.66. The summed E-state index contributed by atoms with van der Waals surface area (Å²) in [5.41, 5.74) is -0.298. The predicted molar refractivity (Wildman–Crippen MR) is 71.9 cm³/mol. The highest BCUT2D eigenvalue weighted by Gasteiger charge is 2.40. The molecule has 0 spiro atoms. The van der Waals surface area contributed by atoms with E-state index in [0.717, 1.165) is 0 Å². The minimum atomic E-state index is -3.55. The van der Waals surface area contributed by atoms with Gasteiger partial charge in [-0.15, -0.1) is 0 Å². The number of rotatable bonds is 8. The van der Waals surface area contributed by atoms with Gasteiger partial charge in [-0.05, 0) is 19.4 Å². The lowest BCUT2D eigenvalue weighted by Gasteiger charge is -2.23. The second-order valence-corrected chi connectivity index (χ2v) is 6.04. The summed E-state index contributed by atoms with van der Waals surface area (Å²) in [6.07, 6.45) is 0. The van der Waals surface area contributed by atoms with Crippen LogP contribution in [0.5, 0.6) is 0 Å². The minimum Gasteiger partial charge on any atom is -0.308 e. The van der Waals surface area contributed by atoms with Gasteiger partial charge in [-0.3, -0.25) is 14.7 Å². The van der Waals surface area contributed by atoms with E-state index in [1.807, 2.05) is 0 Å². The molecule has 7 heteroatoms. The van der Waals surface area contributed by atoms with Crippen LogP contribution in [-0.2, 0) is 13.6 Å². The van der Waals surface area contributed by atoms with E-state index < -0.39 is 24.7 Å². The van der Waals surface area contributed by atoms with Crippen LogP contribution in [0.15, 0.2) is 30.3 Å². The summed E-state index contributed by atoms with van der Waals surface area (Å²) in [5.74, 6) is 0. The fourth-order valence-electron chi connectivity index (χ4n) is 1.78. The van der Waals surface area contributed by atoms with Gasteiger partial charge in [-0.2, -0.15) is 0 Å². The Morgan fingerprint density at radius 2 is 1.74 bits per heavy atom. The van der Waals surface area contributed by atoms with Crippen LogP contribution < -0.4 is 0 Å². The molecule has 0 saturated carbocycles. The summed E-state index contributed by atoms with van der Waals surface area (Å²) < 4.78 is 23.1. The summed E-state index contributed by atoms with van der Waals surface area (Å²) in [7, 11) is -3.55. The Kier molecular flexibility index (Phi) is 6.15. The van der Waals surface area contributed by atoms with Gasteiger partial charge in [0, 0.05) is 4.92 Å². The van der Waals surface area contributed by atoms with Gasteiger partial charge in [0.2, 0.25) is 6.54 Å². The Balaban J connectivity index is 3.14. The second kappa shape index (κ2) is 7.38. The maximum atomic E-state index is 12.7. The molecule has 0 radical (unpaired) electrons. The normalized spacial score (nSPS) is 13.2. The topological polar surface area (TPSA) is 78.7 Å². The molecule has 19 heavy (non-hydrogen) atoms. The molecule has 0 saturated heterocycles. The van der Waals surface area contributed by atoms with Gasteiger partial charge < -0.3 is 9.05 Å². The van der Waals surface area contributed by atoms with Crippen molar-refractivity contribution in [2.75, 3.05) is 19.8 Å². The third-order valence-corrected chi connectivity index (χ3v) is 4.97. The van der Waals surface area contributed by atoms with Gasteiger partial charge >= 0.3 is 7.60 Å². The molecule has 6 nitrogen and oxygen atoms in total. The van der Waals surface area contributed by atoms with Crippen LogP contribution in [0.25, 0.3) is 0 Å². The van der Waals surface area contributed by atoms with Crippen molar-refractivity contribution in [2.24, 2.45) is 0 Å². The van der Waals surface area contributed by atoms with Crippen LogP contribution in [0.2, 0.25) is 0 Å². The largest absolute Gasteiger partial charge is 0.344 e. The van der Waals surface area contributed by atoms with Crippen LogP contribution in [0.3, 0.4) is 0 Å². The third kappa shape index (κ3) is 4.42. The average Bonchev–Trinajstić information content (AvgIpc) is 2.37. The molecule has 106 valence electrons. The number of nitrogens with zero attached hydrogens (tertiary/aromatic N) is 1. The van der Waals surface area contributed by atoms with E-state index >= 15 is 0 Å². The molecule has 0 aliphatic heterocycles. The molecule has 0 heterocycles. The van der Waals surface area contributed by atoms with E-state index in [0.29, 0.717) is 5.56 Å². The molecule has 0 fully saturated rings. The van der Waals surface area contributed by atoms with Gasteiger partial charge in [-0.25, -0.2) is 0 Å². The van der Waals surface area contributed by atoms with E-state index in [4.69, 9.17) is 9.05 Å². The van der Waals surface area contributed by atoms with Gasteiger partial charge in [0.15, 0.2) is 5.66 Å². The molecule has 0 amide bonds. The van der Waals surface area contributed by atoms with Crippen LogP contribution in [0.1, 0.15) is 25.1 Å². The van der Waals surface area contributed by atoms with E-state index in [1.165, 1.54) is 0 Å². The standard InChI is InChI=1S/C12H18NO5P/c1-3-17-19(16,18-4-2)12(10-13(14)15)11-8-6-5-7-9-11/h5-9,12H,3-4,10H2,1-2H3/t12-/m0/s1. The molecule has 0 aliphatic rings. The number of hydrogen-bond donors (Lipinski definition) is 0. The van der Waals surface area contributed by atoms with Crippen molar-refractivity contribution in [1.29, 1.82) is 0 Å². The zero-order chi connectivity index (χ0) is 14.3. The second-order valence-electron chi connectivity index (χ2n) is 3.82. The molecule has 1 aromatic carbocycles. The highest BCUT2D eigenvalue weighted by Crippen LogP contribution is 2.60. The van der Waals surface area contributed by atoms with Crippen molar-refractivity contribution in [3.63, 3.8) is 0 Å². The summed E-state index contributed by atoms with van der Waals surface area (Å²) in [5, 5.41) is 10.8. The fourth-order valence-corrected chi connectivity index (χ4v) is 3.81. The lowest BCUT2D eigenvalue weighted by atomic mass is 10.1. The Morgan fingerprint density at radius 1 is 1.21 bits per heavy atom. The molecule has 1 atom stereocenters. The highest BCUT2D eigenvalue weighted by atomic mass is 31.2. The molecule has 1 rings (SSSR count). The quantitative estimate of drug-likeness (QED) is 0.416. The molecular formula is C12H18NO5P. The van der Waals surface area contributed by atoms with Crippen molar-refractivity contribution < 1.29 is 18.5 Å². The van der Waals surface area contributed by atoms with E-state index in [1.54, 1.807) is 44.2 Å². The minimum absolute atomic E-state index is 0.179. The van der Waals surface area contributed by atoms with Gasteiger partial charge in [0.05, 0.1) is 13.2 Å². The molecule has 0 bridgehead atoms. The number of benzene rings is 1. The summed E-state index contributed by atoms with van der Waals surface area (Å²) in [4.78, 5) is 10.3. The lowest BCUT2D eigenvalue weighted by molar-refractivity contribution is -0.480. The molecular weight excluding hydrogens is 269 g/mol. The fraction of sp³-hybridized carbons (Fsp3) is 0.500. The highest BCUT2D eigenvalue weighted by molar-refractivity contribution is 7.54. The van der Waals surface area contributed by atoms with E-state index in [9.17, 15) is 14.7 Å². The first-order valence-electron chi connectivity index (χ1n) is 6.09. The van der Waals surface area contributed by atoms with Gasteiger partial charge in [0.1, 0.15) is 0 Å². The van der Waals surface area contributed by atoms with Crippen LogP contribution in [0, 0.1) is 10.1 Å². The zero-order valence-corrected chi connectivity index (χ0v) is 11.9. The van der Waals surface area contributed by atoms with Crippen LogP contribution >= 0.6 is 7.60 Å². The molecule has 0 N–H and O–H groups in total. The summed E-state index contributed by atoms with van der Waals surface area (Å²) in [6.45, 7) is 3.23. The maximum absolute atomic E-state index is 12.7. The van der Waals surface area contributed by atoms with Crippen molar-refractivity contribution >= 4 is 7.60 Å². The number of nitro groups is 1. The Morgan fingerprint density at radius 3 is 2.16 bits per heavy atom. The van der Waals surface area contributed by atoms with E-state index in [2.05, 4.69) is 0 Å². The van der Waals surface area contributed by atoms with Crippen molar-refractivity contribution in [3.05, 3.63) is 46.0 Å². The first kappa shape index (κ1) is 15.8. The average molecular weight is 287 g/mol. The molecule has 0 aromatic heterocycles. The van der Waals surface area contributed by atoms with Crippen molar-refractivity contribution in [1.82, 2.24) is 0 Å². The monoisotopic (exact) mass is 287 g/mol. The maximum Gasteiger partial charge on any atom is 0.344 e. The van der Waals surface area contributed by atoms with Crippen molar-refractivity contribution in [2.45, 2.75) is 19.5 Å². The first-order valence-corrected chi connectivity index (χ1v) is 7.70. The van der Waals surface area contributed by atoms with Crippen LogP contribution in [0.4, 0.5) is 0 Å². The first-order chi connectivity index (χ1) is 9.03. The van der Waals surface area contributed by atoms with Crippen molar-refractivity contribution in [3.8, 4) is 0 Å². The SMILES string of the molecule is CCOP(=O)(OCC)[C@@H](C[N+](=O)[O-])c1ccccc1. The lowest BCUT2D eigenvalue weighted by Crippen LogP contribution is -2.16. The smallest absolute Gasteiger partial charge is 0.308 e. The summed E-state index contributed by atoms with van der Waals surface area (Å²) >= 11 is 0.